The number of aliphatic hydroxyl groups is 1. The Hall–Kier alpha value is -1.65. The Morgan fingerprint density at radius 3 is 2.71 bits per heavy atom. The van der Waals surface area contributed by atoms with Crippen molar-refractivity contribution in [2.75, 3.05) is 7.11 Å². The maximum absolute atomic E-state index is 10.6. The number of methoxy groups -OCH3 is 1. The van der Waals surface area contributed by atoms with Crippen LogP contribution in [0, 0.1) is 0 Å². The molecule has 1 heterocycles. The predicted molar refractivity (Wildman–Crippen MR) is 83.1 cm³/mol. The minimum Gasteiger partial charge on any atom is -0.388 e. The zero-order valence-corrected chi connectivity index (χ0v) is 13.0. The Bertz CT molecular complexity index is 578. The molecular formula is C17H24N2O2. The minimum absolute atomic E-state index is 0.514. The number of rotatable bonds is 7. The molecule has 0 amide bonds. The lowest BCUT2D eigenvalue weighted by Crippen LogP contribution is -2.10. The van der Waals surface area contributed by atoms with E-state index in [1.807, 2.05) is 28.9 Å². The molecule has 0 aliphatic rings. The molecule has 0 fully saturated rings. The summed E-state index contributed by atoms with van der Waals surface area (Å²) in [5, 5.41) is 15.1. The van der Waals surface area contributed by atoms with Crippen LogP contribution < -0.4 is 0 Å². The van der Waals surface area contributed by atoms with Gasteiger partial charge in [0.25, 0.3) is 0 Å². The molecule has 1 unspecified atom stereocenters. The van der Waals surface area contributed by atoms with Gasteiger partial charge in [0.2, 0.25) is 0 Å². The molecule has 0 radical (unpaired) electrons. The largest absolute Gasteiger partial charge is 0.388 e. The van der Waals surface area contributed by atoms with Crippen molar-refractivity contribution in [1.29, 1.82) is 0 Å². The van der Waals surface area contributed by atoms with E-state index in [9.17, 15) is 5.11 Å². The molecule has 1 aromatic heterocycles. The zero-order chi connectivity index (χ0) is 15.2. The van der Waals surface area contributed by atoms with Crippen LogP contribution >= 0.6 is 0 Å². The quantitative estimate of drug-likeness (QED) is 0.852. The lowest BCUT2D eigenvalue weighted by atomic mass is 9.99. The van der Waals surface area contributed by atoms with Crippen molar-refractivity contribution in [2.45, 2.75) is 45.9 Å². The molecule has 2 rings (SSSR count). The van der Waals surface area contributed by atoms with Gasteiger partial charge in [-0.25, -0.2) is 0 Å². The van der Waals surface area contributed by atoms with Crippen LogP contribution in [0.2, 0.25) is 0 Å². The normalized spacial score (nSPS) is 12.6. The van der Waals surface area contributed by atoms with Gasteiger partial charge in [-0.3, -0.25) is 4.68 Å². The highest BCUT2D eigenvalue weighted by atomic mass is 16.5. The van der Waals surface area contributed by atoms with Gasteiger partial charge < -0.3 is 9.84 Å². The predicted octanol–water partition coefficient (Wildman–Crippen LogP) is 2.89. The van der Waals surface area contributed by atoms with Crippen LogP contribution in [-0.2, 0) is 30.7 Å². The van der Waals surface area contributed by atoms with E-state index in [-0.39, 0.29) is 0 Å². The Morgan fingerprint density at radius 1 is 1.29 bits per heavy atom. The first-order chi connectivity index (χ1) is 10.2. The average Bonchev–Trinajstić information content (AvgIpc) is 2.90. The van der Waals surface area contributed by atoms with Crippen molar-refractivity contribution < 1.29 is 9.84 Å². The number of hydrogen-bond donors (Lipinski definition) is 1. The fourth-order valence-electron chi connectivity index (χ4n) is 2.58. The number of nitrogens with zero attached hydrogens (tertiary/aromatic N) is 2. The van der Waals surface area contributed by atoms with Crippen LogP contribution in [0.1, 0.15) is 42.5 Å². The van der Waals surface area contributed by atoms with E-state index in [2.05, 4.69) is 25.0 Å². The monoisotopic (exact) mass is 288 g/mol. The van der Waals surface area contributed by atoms with Crippen LogP contribution in [0.25, 0.3) is 0 Å². The summed E-state index contributed by atoms with van der Waals surface area (Å²) >= 11 is 0. The van der Waals surface area contributed by atoms with Gasteiger partial charge in [-0.15, -0.1) is 0 Å². The van der Waals surface area contributed by atoms with Crippen molar-refractivity contribution in [3.05, 3.63) is 52.8 Å². The molecule has 0 saturated carbocycles. The summed E-state index contributed by atoms with van der Waals surface area (Å²) in [5.41, 5.74) is 4.12. The molecule has 1 N–H and O–H groups in total. The summed E-state index contributed by atoms with van der Waals surface area (Å²) in [6.07, 6.45) is 0.945. The molecule has 4 nitrogen and oxygen atoms in total. The topological polar surface area (TPSA) is 47.3 Å². The van der Waals surface area contributed by atoms with E-state index in [0.717, 1.165) is 35.5 Å². The molecule has 114 valence electrons. The van der Waals surface area contributed by atoms with Gasteiger partial charge in [-0.1, -0.05) is 31.2 Å². The highest BCUT2D eigenvalue weighted by Crippen LogP contribution is 2.23. The molecule has 1 atom stereocenters. The van der Waals surface area contributed by atoms with Crippen molar-refractivity contribution >= 4 is 0 Å². The molecule has 1 aromatic carbocycles. The van der Waals surface area contributed by atoms with Crippen LogP contribution in [-0.4, -0.2) is 22.0 Å². The first kappa shape index (κ1) is 15.7. The third kappa shape index (κ3) is 3.71. The number of aromatic nitrogens is 2. The summed E-state index contributed by atoms with van der Waals surface area (Å²) in [7, 11) is 1.67. The molecule has 0 aliphatic carbocycles. The second-order valence-electron chi connectivity index (χ2n) is 5.15. The summed E-state index contributed by atoms with van der Waals surface area (Å²) in [4.78, 5) is 0. The zero-order valence-electron chi connectivity index (χ0n) is 13.0. The van der Waals surface area contributed by atoms with Crippen molar-refractivity contribution in [1.82, 2.24) is 9.78 Å². The van der Waals surface area contributed by atoms with Gasteiger partial charge in [-0.2, -0.15) is 5.10 Å². The van der Waals surface area contributed by atoms with Crippen molar-refractivity contribution in [3.63, 3.8) is 0 Å². The molecule has 4 heteroatoms. The van der Waals surface area contributed by atoms with Gasteiger partial charge >= 0.3 is 0 Å². The third-order valence-corrected chi connectivity index (χ3v) is 3.69. The van der Waals surface area contributed by atoms with E-state index in [4.69, 9.17) is 4.74 Å². The van der Waals surface area contributed by atoms with Crippen molar-refractivity contribution in [2.24, 2.45) is 0 Å². The number of benzene rings is 1. The SMILES string of the molecule is CCc1cc(CC(O)c2ccccc2COC)n(CC)n1. The number of ether oxygens (including phenoxy) is 1. The molecule has 2 aromatic rings. The Labute approximate surface area is 126 Å². The number of aliphatic hydroxyl groups excluding tert-OH is 1. The van der Waals surface area contributed by atoms with Crippen LogP contribution in [0.4, 0.5) is 0 Å². The van der Waals surface area contributed by atoms with E-state index >= 15 is 0 Å². The molecule has 0 saturated heterocycles. The van der Waals surface area contributed by atoms with Gasteiger partial charge in [0.1, 0.15) is 0 Å². The first-order valence-corrected chi connectivity index (χ1v) is 7.50. The lowest BCUT2D eigenvalue weighted by Gasteiger charge is -2.15. The number of hydrogen-bond acceptors (Lipinski definition) is 3. The summed E-state index contributed by atoms with van der Waals surface area (Å²) in [5.74, 6) is 0. The molecule has 0 bridgehead atoms. The van der Waals surface area contributed by atoms with Gasteiger partial charge in [-0.05, 0) is 30.5 Å². The summed E-state index contributed by atoms with van der Waals surface area (Å²) < 4.78 is 7.18. The van der Waals surface area contributed by atoms with Crippen molar-refractivity contribution in [3.8, 4) is 0 Å². The Balaban J connectivity index is 2.21. The molecular weight excluding hydrogens is 264 g/mol. The lowest BCUT2D eigenvalue weighted by molar-refractivity contribution is 0.160. The second kappa shape index (κ2) is 7.38. The van der Waals surface area contributed by atoms with Gasteiger partial charge in [0, 0.05) is 25.8 Å². The Morgan fingerprint density at radius 2 is 2.05 bits per heavy atom. The van der Waals surface area contributed by atoms with E-state index in [0.29, 0.717) is 13.0 Å². The van der Waals surface area contributed by atoms with Gasteiger partial charge in [0.05, 0.1) is 18.4 Å². The first-order valence-electron chi connectivity index (χ1n) is 7.50. The summed E-state index contributed by atoms with van der Waals surface area (Å²) in [6.45, 7) is 5.50. The number of aryl methyl sites for hydroxylation is 2. The highest BCUT2D eigenvalue weighted by molar-refractivity contribution is 5.29. The standard InChI is InChI=1S/C17H24N2O2/c1-4-14-10-15(19(5-2)18-14)11-17(20)16-9-7-6-8-13(16)12-21-3/h6-10,17,20H,4-5,11-12H2,1-3H3. The van der Waals surface area contributed by atoms with Crippen LogP contribution in [0.15, 0.2) is 30.3 Å². The smallest absolute Gasteiger partial charge is 0.0848 e. The van der Waals surface area contributed by atoms with Crippen LogP contribution in [0.3, 0.4) is 0 Å². The maximum atomic E-state index is 10.6. The highest BCUT2D eigenvalue weighted by Gasteiger charge is 2.16. The molecule has 0 aliphatic heterocycles. The van der Waals surface area contributed by atoms with Crippen LogP contribution in [0.5, 0.6) is 0 Å². The second-order valence-corrected chi connectivity index (χ2v) is 5.15. The molecule has 21 heavy (non-hydrogen) atoms. The van der Waals surface area contributed by atoms with E-state index < -0.39 is 6.10 Å². The Kier molecular flexibility index (Phi) is 5.53. The maximum Gasteiger partial charge on any atom is 0.0848 e. The summed E-state index contributed by atoms with van der Waals surface area (Å²) in [6, 6.07) is 9.97. The fraction of sp³-hybridized carbons (Fsp3) is 0.471. The van der Waals surface area contributed by atoms with E-state index in [1.165, 1.54) is 0 Å². The molecule has 0 spiro atoms. The average molecular weight is 288 g/mol. The van der Waals surface area contributed by atoms with E-state index in [1.54, 1.807) is 7.11 Å². The van der Waals surface area contributed by atoms with Gasteiger partial charge in [0.15, 0.2) is 0 Å². The fourth-order valence-corrected chi connectivity index (χ4v) is 2.58. The third-order valence-electron chi connectivity index (χ3n) is 3.69. The minimum atomic E-state index is -0.539.